The molecular weight excluding hydrogens is 236 g/mol. The van der Waals surface area contributed by atoms with Crippen LogP contribution in [-0.2, 0) is 6.42 Å². The van der Waals surface area contributed by atoms with Crippen molar-refractivity contribution in [1.29, 1.82) is 0 Å². The molecule has 0 atom stereocenters. The predicted molar refractivity (Wildman–Crippen MR) is 78.3 cm³/mol. The number of hydrogen-bond acceptors (Lipinski definition) is 4. The Morgan fingerprint density at radius 3 is 2.63 bits per heavy atom. The molecule has 0 fully saturated rings. The van der Waals surface area contributed by atoms with Crippen LogP contribution in [0.3, 0.4) is 0 Å². The van der Waals surface area contributed by atoms with Crippen LogP contribution in [0.4, 0.5) is 5.82 Å². The fraction of sp³-hybridized carbons (Fsp3) is 0.400. The van der Waals surface area contributed by atoms with Gasteiger partial charge in [-0.3, -0.25) is 4.98 Å². The van der Waals surface area contributed by atoms with Crippen LogP contribution in [0.25, 0.3) is 11.3 Å². The Morgan fingerprint density at radius 2 is 2.00 bits per heavy atom. The molecule has 0 aromatic carbocycles. The topological polar surface area (TPSA) is 50.7 Å². The van der Waals surface area contributed by atoms with Gasteiger partial charge in [0.2, 0.25) is 0 Å². The number of nitrogens with zero attached hydrogens (tertiary/aromatic N) is 3. The molecule has 100 valence electrons. The average molecular weight is 256 g/mol. The fourth-order valence-electron chi connectivity index (χ4n) is 2.12. The van der Waals surface area contributed by atoms with E-state index in [0.717, 1.165) is 47.0 Å². The summed E-state index contributed by atoms with van der Waals surface area (Å²) >= 11 is 0. The van der Waals surface area contributed by atoms with E-state index in [2.05, 4.69) is 28.3 Å². The van der Waals surface area contributed by atoms with E-state index in [1.807, 2.05) is 33.2 Å². The third kappa shape index (κ3) is 2.89. The molecule has 2 rings (SSSR count). The molecule has 0 unspecified atom stereocenters. The van der Waals surface area contributed by atoms with E-state index in [1.54, 1.807) is 0 Å². The molecular formula is C15H20N4. The zero-order chi connectivity index (χ0) is 13.8. The van der Waals surface area contributed by atoms with E-state index in [9.17, 15) is 0 Å². The fourth-order valence-corrected chi connectivity index (χ4v) is 2.12. The van der Waals surface area contributed by atoms with Gasteiger partial charge in [-0.1, -0.05) is 6.92 Å². The average Bonchev–Trinajstić information content (AvgIpc) is 2.41. The van der Waals surface area contributed by atoms with Crippen LogP contribution in [0.15, 0.2) is 18.3 Å². The molecule has 2 aromatic rings. The summed E-state index contributed by atoms with van der Waals surface area (Å²) in [4.78, 5) is 13.5. The van der Waals surface area contributed by atoms with E-state index in [0.29, 0.717) is 0 Å². The lowest BCUT2D eigenvalue weighted by Gasteiger charge is -2.12. The molecule has 0 saturated carbocycles. The smallest absolute Gasteiger partial charge is 0.132 e. The Kier molecular flexibility index (Phi) is 4.10. The summed E-state index contributed by atoms with van der Waals surface area (Å²) in [5.41, 5.74) is 4.17. The first-order valence-corrected chi connectivity index (χ1v) is 6.64. The summed E-state index contributed by atoms with van der Waals surface area (Å²) < 4.78 is 0. The first-order chi connectivity index (χ1) is 9.15. The largest absolute Gasteiger partial charge is 0.373 e. The molecule has 0 saturated heterocycles. The molecule has 0 spiro atoms. The zero-order valence-corrected chi connectivity index (χ0v) is 12.0. The normalized spacial score (nSPS) is 10.5. The van der Waals surface area contributed by atoms with Crippen molar-refractivity contribution in [3.8, 4) is 11.3 Å². The molecule has 19 heavy (non-hydrogen) atoms. The molecule has 4 heteroatoms. The van der Waals surface area contributed by atoms with Crippen LogP contribution in [0.1, 0.15) is 30.4 Å². The Bertz CT molecular complexity index is 578. The van der Waals surface area contributed by atoms with Gasteiger partial charge in [0.25, 0.3) is 0 Å². The highest BCUT2D eigenvalue weighted by atomic mass is 15.0. The first kappa shape index (κ1) is 13.5. The lowest BCUT2D eigenvalue weighted by atomic mass is 10.1. The summed E-state index contributed by atoms with van der Waals surface area (Å²) in [5, 5.41) is 3.15. The van der Waals surface area contributed by atoms with Gasteiger partial charge in [0.1, 0.15) is 11.6 Å². The third-order valence-corrected chi connectivity index (χ3v) is 3.07. The van der Waals surface area contributed by atoms with Gasteiger partial charge in [-0.05, 0) is 32.4 Å². The van der Waals surface area contributed by atoms with E-state index >= 15 is 0 Å². The number of rotatable bonds is 4. The highest BCUT2D eigenvalue weighted by molar-refractivity contribution is 5.68. The van der Waals surface area contributed by atoms with Crippen molar-refractivity contribution < 1.29 is 0 Å². The molecule has 1 N–H and O–H groups in total. The van der Waals surface area contributed by atoms with Gasteiger partial charge in [0, 0.05) is 36.5 Å². The Morgan fingerprint density at radius 1 is 1.21 bits per heavy atom. The number of anilines is 1. The molecule has 0 bridgehead atoms. The lowest BCUT2D eigenvalue weighted by Crippen LogP contribution is -2.05. The molecule has 0 aliphatic heterocycles. The number of nitrogens with one attached hydrogen (secondary N) is 1. The molecule has 4 nitrogen and oxygen atoms in total. The maximum Gasteiger partial charge on any atom is 0.132 e. The molecule has 0 aliphatic rings. The van der Waals surface area contributed by atoms with Crippen molar-refractivity contribution >= 4 is 5.82 Å². The van der Waals surface area contributed by atoms with Crippen LogP contribution < -0.4 is 5.32 Å². The second-order valence-corrected chi connectivity index (χ2v) is 4.65. The Labute approximate surface area is 114 Å². The summed E-state index contributed by atoms with van der Waals surface area (Å²) in [6.45, 7) is 6.18. The van der Waals surface area contributed by atoms with Gasteiger partial charge in [-0.2, -0.15) is 0 Å². The second-order valence-electron chi connectivity index (χ2n) is 4.65. The van der Waals surface area contributed by atoms with Crippen molar-refractivity contribution in [2.24, 2.45) is 0 Å². The van der Waals surface area contributed by atoms with Crippen LogP contribution in [-0.4, -0.2) is 22.0 Å². The summed E-state index contributed by atoms with van der Waals surface area (Å²) in [6.07, 6.45) is 3.76. The monoisotopic (exact) mass is 256 g/mol. The number of aryl methyl sites for hydroxylation is 2. The van der Waals surface area contributed by atoms with Crippen molar-refractivity contribution in [2.75, 3.05) is 12.4 Å². The van der Waals surface area contributed by atoms with Crippen LogP contribution in [0.2, 0.25) is 0 Å². The third-order valence-electron chi connectivity index (χ3n) is 3.07. The van der Waals surface area contributed by atoms with Gasteiger partial charge >= 0.3 is 0 Å². The second kappa shape index (κ2) is 5.78. The Hall–Kier alpha value is -1.97. The minimum absolute atomic E-state index is 0.891. The molecule has 0 amide bonds. The van der Waals surface area contributed by atoms with Crippen LogP contribution in [0.5, 0.6) is 0 Å². The molecule has 0 aliphatic carbocycles. The summed E-state index contributed by atoms with van der Waals surface area (Å²) in [5.74, 6) is 1.80. The highest BCUT2D eigenvalue weighted by Crippen LogP contribution is 2.26. The number of aromatic nitrogens is 3. The van der Waals surface area contributed by atoms with Gasteiger partial charge in [-0.15, -0.1) is 0 Å². The minimum Gasteiger partial charge on any atom is -0.373 e. The van der Waals surface area contributed by atoms with Crippen molar-refractivity contribution in [3.05, 3.63) is 35.4 Å². The maximum absolute atomic E-state index is 4.70. The standard InChI is InChI=1S/C15H20N4/c1-5-6-13-18-14(11(3)15(16-4)19-13)12-7-8-17-10(2)9-12/h7-9H,5-6H2,1-4H3,(H,16,18,19). The van der Waals surface area contributed by atoms with Crippen LogP contribution in [0, 0.1) is 13.8 Å². The number of hydrogen-bond donors (Lipinski definition) is 1. The number of pyridine rings is 1. The van der Waals surface area contributed by atoms with Gasteiger partial charge in [-0.25, -0.2) is 9.97 Å². The van der Waals surface area contributed by atoms with E-state index in [-0.39, 0.29) is 0 Å². The van der Waals surface area contributed by atoms with E-state index in [1.165, 1.54) is 0 Å². The summed E-state index contributed by atoms with van der Waals surface area (Å²) in [7, 11) is 1.90. The van der Waals surface area contributed by atoms with Crippen molar-refractivity contribution in [2.45, 2.75) is 33.6 Å². The highest BCUT2D eigenvalue weighted by Gasteiger charge is 2.11. The van der Waals surface area contributed by atoms with Gasteiger partial charge in [0.15, 0.2) is 0 Å². The first-order valence-electron chi connectivity index (χ1n) is 6.64. The van der Waals surface area contributed by atoms with Crippen molar-refractivity contribution in [3.63, 3.8) is 0 Å². The maximum atomic E-state index is 4.70. The quantitative estimate of drug-likeness (QED) is 0.913. The van der Waals surface area contributed by atoms with Gasteiger partial charge in [0.05, 0.1) is 5.69 Å². The zero-order valence-electron chi connectivity index (χ0n) is 12.0. The lowest BCUT2D eigenvalue weighted by molar-refractivity contribution is 0.834. The Balaban J connectivity index is 2.57. The summed E-state index contributed by atoms with van der Waals surface area (Å²) in [6, 6.07) is 4.06. The molecule has 2 aromatic heterocycles. The molecule has 0 radical (unpaired) electrons. The SMILES string of the molecule is CCCc1nc(NC)c(C)c(-c2ccnc(C)c2)n1. The minimum atomic E-state index is 0.891. The predicted octanol–water partition coefficient (Wildman–Crippen LogP) is 3.15. The van der Waals surface area contributed by atoms with E-state index in [4.69, 9.17) is 4.98 Å². The van der Waals surface area contributed by atoms with Crippen molar-refractivity contribution in [1.82, 2.24) is 15.0 Å². The van der Waals surface area contributed by atoms with Gasteiger partial charge < -0.3 is 5.32 Å². The van der Waals surface area contributed by atoms with E-state index < -0.39 is 0 Å². The van der Waals surface area contributed by atoms with Crippen LogP contribution >= 0.6 is 0 Å². The molecule has 2 heterocycles.